The molecule has 27 heavy (non-hydrogen) atoms. The maximum absolute atomic E-state index is 12.8. The van der Waals surface area contributed by atoms with Crippen molar-refractivity contribution < 1.29 is 14.4 Å². The lowest BCUT2D eigenvalue weighted by atomic mass is 10.2. The Morgan fingerprint density at radius 3 is 2.52 bits per heavy atom. The van der Waals surface area contributed by atoms with Crippen LogP contribution in [0.25, 0.3) is 10.9 Å². The molecule has 0 unspecified atom stereocenters. The third-order valence-corrected chi connectivity index (χ3v) is 4.00. The molecule has 8 heteroatoms. The molecule has 0 saturated carbocycles. The van der Waals surface area contributed by atoms with E-state index >= 15 is 0 Å². The summed E-state index contributed by atoms with van der Waals surface area (Å²) in [5, 5.41) is 6.43. The zero-order valence-corrected chi connectivity index (χ0v) is 15.4. The van der Waals surface area contributed by atoms with Crippen LogP contribution in [0, 0.1) is 0 Å². The van der Waals surface area contributed by atoms with Gasteiger partial charge < -0.3 is 15.2 Å². The second-order valence-corrected chi connectivity index (χ2v) is 5.92. The van der Waals surface area contributed by atoms with Crippen molar-refractivity contribution in [2.45, 2.75) is 20.4 Å². The number of aromatic nitrogens is 2. The van der Waals surface area contributed by atoms with Gasteiger partial charge in [-0.1, -0.05) is 0 Å². The molecule has 1 aromatic carbocycles. The Morgan fingerprint density at radius 1 is 1.11 bits per heavy atom. The summed E-state index contributed by atoms with van der Waals surface area (Å²) in [5.41, 5.74) is 5.48. The quantitative estimate of drug-likeness (QED) is 0.581. The van der Waals surface area contributed by atoms with Crippen molar-refractivity contribution in [3.05, 3.63) is 48.3 Å². The number of nitrogens with zero attached hydrogens (tertiary/aromatic N) is 2. The number of rotatable bonds is 6. The molecule has 0 atom stereocenters. The molecular formula is C19H21N5O3. The van der Waals surface area contributed by atoms with Crippen LogP contribution in [0.1, 0.15) is 24.3 Å². The number of hydrogen-bond donors (Lipinski definition) is 3. The van der Waals surface area contributed by atoms with E-state index in [-0.39, 0.29) is 11.8 Å². The van der Waals surface area contributed by atoms with Crippen molar-refractivity contribution in [3.8, 4) is 0 Å². The molecule has 0 saturated heterocycles. The number of carbonyl (C=O) groups excluding carboxylic acids is 2. The number of fused-ring (bicyclic) bond motifs is 1. The molecule has 3 aromatic rings. The van der Waals surface area contributed by atoms with Crippen LogP contribution >= 0.6 is 0 Å². The Bertz CT molecular complexity index is 979. The van der Waals surface area contributed by atoms with Crippen LogP contribution in [-0.4, -0.2) is 28.5 Å². The van der Waals surface area contributed by atoms with E-state index in [1.807, 2.05) is 29.7 Å². The second kappa shape index (κ2) is 7.88. The van der Waals surface area contributed by atoms with E-state index in [9.17, 15) is 9.59 Å². The summed E-state index contributed by atoms with van der Waals surface area (Å²) in [5.74, 6) is 0.0438. The molecule has 0 aliphatic rings. The monoisotopic (exact) mass is 367 g/mol. The summed E-state index contributed by atoms with van der Waals surface area (Å²) in [6, 6.07) is 10.8. The van der Waals surface area contributed by atoms with Crippen LogP contribution in [0.2, 0.25) is 0 Å². The molecule has 0 radical (unpaired) electrons. The van der Waals surface area contributed by atoms with Gasteiger partial charge in [0, 0.05) is 30.1 Å². The number of carbonyl (C=O) groups is 2. The summed E-state index contributed by atoms with van der Waals surface area (Å²) in [4.78, 5) is 33.0. The molecule has 0 aliphatic carbocycles. The highest BCUT2D eigenvalue weighted by Gasteiger charge is 2.16. The van der Waals surface area contributed by atoms with Gasteiger partial charge in [0.1, 0.15) is 11.5 Å². The summed E-state index contributed by atoms with van der Waals surface area (Å²) in [6.45, 7) is 4.07. The number of amides is 2. The van der Waals surface area contributed by atoms with E-state index < -0.39 is 0 Å². The number of anilines is 3. The Hall–Kier alpha value is -3.39. The Morgan fingerprint density at radius 2 is 1.89 bits per heavy atom. The first-order valence-corrected chi connectivity index (χ1v) is 8.49. The van der Waals surface area contributed by atoms with Crippen LogP contribution in [0.15, 0.2) is 42.6 Å². The van der Waals surface area contributed by atoms with Crippen molar-refractivity contribution in [1.29, 1.82) is 0 Å². The number of pyridine rings is 1. The molecule has 8 nitrogen and oxygen atoms in total. The first kappa shape index (κ1) is 18.4. The SMILES string of the molecule is CCn1c(C(=O)Nc2ccc(NOC)cn2)cc2cc(NC(C)=O)ccc21. The van der Waals surface area contributed by atoms with Crippen molar-refractivity contribution in [1.82, 2.24) is 9.55 Å². The third-order valence-electron chi connectivity index (χ3n) is 4.00. The van der Waals surface area contributed by atoms with Gasteiger partial charge in [-0.25, -0.2) is 4.98 Å². The van der Waals surface area contributed by atoms with Crippen LogP contribution in [0.3, 0.4) is 0 Å². The molecule has 2 heterocycles. The topological polar surface area (TPSA) is 97.3 Å². The standard InChI is InChI=1S/C19H21N5O3/c1-4-24-16-7-5-14(21-12(2)25)9-13(16)10-17(24)19(26)22-18-8-6-15(11-20-18)23-27-3/h5-11,23H,4H2,1-3H3,(H,21,25)(H,20,22,26). The fraction of sp³-hybridized carbons (Fsp3) is 0.211. The number of nitrogens with one attached hydrogen (secondary N) is 3. The highest BCUT2D eigenvalue weighted by Crippen LogP contribution is 2.24. The molecule has 2 amide bonds. The summed E-state index contributed by atoms with van der Waals surface area (Å²) in [6.07, 6.45) is 1.56. The Balaban J connectivity index is 1.87. The van der Waals surface area contributed by atoms with E-state index in [0.717, 1.165) is 10.9 Å². The first-order valence-electron chi connectivity index (χ1n) is 8.49. The van der Waals surface area contributed by atoms with Gasteiger partial charge in [0.2, 0.25) is 5.91 Å². The Labute approximate surface area is 156 Å². The molecule has 3 N–H and O–H groups in total. The molecule has 140 valence electrons. The molecule has 2 aromatic heterocycles. The van der Waals surface area contributed by atoms with Crippen molar-refractivity contribution in [3.63, 3.8) is 0 Å². The average Bonchev–Trinajstić information content (AvgIpc) is 3.01. The maximum atomic E-state index is 12.8. The highest BCUT2D eigenvalue weighted by molar-refractivity contribution is 6.06. The average molecular weight is 367 g/mol. The molecule has 0 bridgehead atoms. The maximum Gasteiger partial charge on any atom is 0.273 e. The minimum absolute atomic E-state index is 0.139. The number of hydrogen-bond acceptors (Lipinski definition) is 5. The zero-order chi connectivity index (χ0) is 19.4. The third kappa shape index (κ3) is 4.06. The van der Waals surface area contributed by atoms with Crippen LogP contribution < -0.4 is 16.1 Å². The van der Waals surface area contributed by atoms with E-state index in [4.69, 9.17) is 4.84 Å². The van der Waals surface area contributed by atoms with Gasteiger partial charge in [-0.2, -0.15) is 0 Å². The van der Waals surface area contributed by atoms with Gasteiger partial charge in [-0.05, 0) is 43.3 Å². The highest BCUT2D eigenvalue weighted by atomic mass is 16.6. The molecular weight excluding hydrogens is 346 g/mol. The van der Waals surface area contributed by atoms with Crippen molar-refractivity contribution >= 4 is 39.9 Å². The predicted molar refractivity (Wildman–Crippen MR) is 105 cm³/mol. The second-order valence-electron chi connectivity index (χ2n) is 5.92. The molecule has 0 fully saturated rings. The number of benzene rings is 1. The zero-order valence-electron chi connectivity index (χ0n) is 15.4. The fourth-order valence-corrected chi connectivity index (χ4v) is 2.91. The lowest BCUT2D eigenvalue weighted by Crippen LogP contribution is -2.17. The minimum atomic E-state index is -0.255. The van der Waals surface area contributed by atoms with E-state index in [0.29, 0.717) is 29.4 Å². The van der Waals surface area contributed by atoms with Crippen molar-refractivity contribution in [2.24, 2.45) is 0 Å². The van der Waals surface area contributed by atoms with E-state index in [2.05, 4.69) is 21.1 Å². The van der Waals surface area contributed by atoms with Gasteiger partial charge in [-0.15, -0.1) is 0 Å². The number of aryl methyl sites for hydroxylation is 1. The molecule has 0 aliphatic heterocycles. The van der Waals surface area contributed by atoms with Gasteiger partial charge in [0.25, 0.3) is 5.91 Å². The van der Waals surface area contributed by atoms with Crippen LogP contribution in [-0.2, 0) is 16.2 Å². The lowest BCUT2D eigenvalue weighted by Gasteiger charge is -2.09. The smallest absolute Gasteiger partial charge is 0.273 e. The van der Waals surface area contributed by atoms with Crippen molar-refractivity contribution in [2.75, 3.05) is 23.2 Å². The van der Waals surface area contributed by atoms with Gasteiger partial charge in [0.15, 0.2) is 0 Å². The van der Waals surface area contributed by atoms with Gasteiger partial charge in [0.05, 0.1) is 19.0 Å². The Kier molecular flexibility index (Phi) is 5.37. The van der Waals surface area contributed by atoms with Crippen LogP contribution in [0.4, 0.5) is 17.2 Å². The van der Waals surface area contributed by atoms with Crippen LogP contribution in [0.5, 0.6) is 0 Å². The summed E-state index contributed by atoms with van der Waals surface area (Å²) >= 11 is 0. The largest absolute Gasteiger partial charge is 0.337 e. The lowest BCUT2D eigenvalue weighted by molar-refractivity contribution is -0.114. The fourth-order valence-electron chi connectivity index (χ4n) is 2.91. The minimum Gasteiger partial charge on any atom is -0.337 e. The molecule has 3 rings (SSSR count). The normalized spacial score (nSPS) is 10.6. The summed E-state index contributed by atoms with van der Waals surface area (Å²) in [7, 11) is 1.51. The van der Waals surface area contributed by atoms with E-state index in [1.54, 1.807) is 24.4 Å². The molecule has 0 spiro atoms. The first-order chi connectivity index (χ1) is 13.0. The summed E-state index contributed by atoms with van der Waals surface area (Å²) < 4.78 is 1.92. The van der Waals surface area contributed by atoms with Gasteiger partial charge in [-0.3, -0.25) is 19.9 Å². The van der Waals surface area contributed by atoms with E-state index in [1.165, 1.54) is 14.0 Å². The van der Waals surface area contributed by atoms with Gasteiger partial charge >= 0.3 is 0 Å². The predicted octanol–water partition coefficient (Wildman–Crippen LogP) is 3.24.